The number of carbonyl (C=O) groups excluding carboxylic acids is 3. The Morgan fingerprint density at radius 1 is 1.31 bits per heavy atom. The molecule has 8 nitrogen and oxygen atoms in total. The smallest absolute Gasteiger partial charge is 0.250 e. The third kappa shape index (κ3) is 3.45. The molecule has 0 saturated carbocycles. The van der Waals surface area contributed by atoms with Crippen molar-refractivity contribution in [2.75, 3.05) is 19.0 Å². The number of likely N-dealkylation sites (tertiary alicyclic amines) is 1. The highest BCUT2D eigenvalue weighted by Crippen LogP contribution is 2.60. The van der Waals surface area contributed by atoms with Crippen molar-refractivity contribution in [2.24, 2.45) is 17.8 Å². The minimum absolute atomic E-state index is 0.111. The summed E-state index contributed by atoms with van der Waals surface area (Å²) in [5.74, 6) is -2.66. The lowest BCUT2D eigenvalue weighted by Gasteiger charge is -2.38. The Hall–Kier alpha value is -1.68. The Morgan fingerprint density at radius 3 is 2.53 bits per heavy atom. The van der Waals surface area contributed by atoms with Gasteiger partial charge in [-0.2, -0.15) is 0 Å². The van der Waals surface area contributed by atoms with Crippen LogP contribution in [0.15, 0.2) is 24.3 Å². The van der Waals surface area contributed by atoms with Crippen LogP contribution in [0.1, 0.15) is 20.3 Å². The number of hydrogen-bond acceptors (Lipinski definition) is 5. The first kappa shape index (κ1) is 23.5. The minimum Gasteiger partial charge on any atom is -0.394 e. The molecule has 3 aliphatic rings. The molecular weight excluding hydrogens is 502 g/mol. The Balaban J connectivity index is 1.78. The predicted octanol–water partition coefficient (Wildman–Crippen LogP) is 1.79. The van der Waals surface area contributed by atoms with Gasteiger partial charge in [0.05, 0.1) is 30.6 Å². The lowest BCUT2D eigenvalue weighted by Crippen LogP contribution is -2.57. The fourth-order valence-corrected chi connectivity index (χ4v) is 6.62. The van der Waals surface area contributed by atoms with Crippen LogP contribution in [-0.4, -0.2) is 70.0 Å². The summed E-state index contributed by atoms with van der Waals surface area (Å²) in [6.07, 6.45) is -0.101. The van der Waals surface area contributed by atoms with Crippen molar-refractivity contribution in [3.05, 3.63) is 29.3 Å². The maximum Gasteiger partial charge on any atom is 0.250 e. The van der Waals surface area contributed by atoms with E-state index >= 15 is 0 Å². The van der Waals surface area contributed by atoms with Gasteiger partial charge in [-0.15, -0.1) is 0 Å². The second kappa shape index (κ2) is 8.59. The summed E-state index contributed by atoms with van der Waals surface area (Å²) < 4.78 is 6.36. The zero-order valence-corrected chi connectivity index (χ0v) is 20.4. The molecule has 174 valence electrons. The van der Waals surface area contributed by atoms with Crippen LogP contribution in [0.25, 0.3) is 0 Å². The van der Waals surface area contributed by atoms with Gasteiger partial charge in [-0.3, -0.25) is 14.4 Å². The summed E-state index contributed by atoms with van der Waals surface area (Å²) in [4.78, 5) is 41.5. The highest BCUT2D eigenvalue weighted by atomic mass is 79.9. The minimum atomic E-state index is -1.16. The Morgan fingerprint density at radius 2 is 1.97 bits per heavy atom. The number of anilines is 1. The van der Waals surface area contributed by atoms with Gasteiger partial charge in [-0.25, -0.2) is 0 Å². The molecule has 3 saturated heterocycles. The van der Waals surface area contributed by atoms with Crippen LogP contribution in [0.5, 0.6) is 0 Å². The van der Waals surface area contributed by atoms with Crippen molar-refractivity contribution < 1.29 is 24.2 Å². The first-order valence-electron chi connectivity index (χ1n) is 10.7. The zero-order chi connectivity index (χ0) is 23.4. The molecule has 32 heavy (non-hydrogen) atoms. The van der Waals surface area contributed by atoms with Gasteiger partial charge >= 0.3 is 0 Å². The number of aliphatic hydroxyl groups excluding tert-OH is 1. The number of alkyl halides is 1. The molecule has 3 fully saturated rings. The van der Waals surface area contributed by atoms with Gasteiger partial charge in [0.1, 0.15) is 11.6 Å². The quantitative estimate of drug-likeness (QED) is 0.488. The molecule has 3 aliphatic heterocycles. The van der Waals surface area contributed by atoms with E-state index in [9.17, 15) is 19.5 Å². The van der Waals surface area contributed by atoms with E-state index in [0.717, 1.165) is 0 Å². The highest BCUT2D eigenvalue weighted by Gasteiger charge is 2.77. The number of ether oxygens (including phenoxy) is 1. The van der Waals surface area contributed by atoms with E-state index in [2.05, 4.69) is 26.6 Å². The van der Waals surface area contributed by atoms with Gasteiger partial charge in [0, 0.05) is 22.6 Å². The van der Waals surface area contributed by atoms with Crippen molar-refractivity contribution in [2.45, 2.75) is 48.9 Å². The lowest BCUT2D eigenvalue weighted by molar-refractivity contribution is -0.145. The van der Waals surface area contributed by atoms with Crippen LogP contribution >= 0.6 is 27.5 Å². The summed E-state index contributed by atoms with van der Waals surface area (Å²) in [6, 6.07) is 5.09. The zero-order valence-electron chi connectivity index (χ0n) is 18.0. The van der Waals surface area contributed by atoms with E-state index in [4.69, 9.17) is 16.3 Å². The van der Waals surface area contributed by atoms with Crippen molar-refractivity contribution in [3.8, 4) is 0 Å². The molecule has 7 atom stereocenters. The van der Waals surface area contributed by atoms with Crippen LogP contribution in [0.4, 0.5) is 5.69 Å². The van der Waals surface area contributed by atoms with Crippen molar-refractivity contribution in [3.63, 3.8) is 0 Å². The fraction of sp³-hybridized carbons (Fsp3) is 0.591. The monoisotopic (exact) mass is 527 g/mol. The Kier molecular flexibility index (Phi) is 6.30. The Bertz CT molecular complexity index is 929. The number of aliphatic hydroxyl groups is 1. The molecule has 3 unspecified atom stereocenters. The third-order valence-corrected chi connectivity index (χ3v) is 8.05. The molecule has 1 aromatic rings. The number of nitrogens with one attached hydrogen (secondary N) is 2. The number of rotatable bonds is 6. The van der Waals surface area contributed by atoms with E-state index in [-0.39, 0.29) is 29.2 Å². The molecule has 4 rings (SSSR count). The van der Waals surface area contributed by atoms with E-state index in [0.29, 0.717) is 17.1 Å². The second-order valence-corrected chi connectivity index (χ2v) is 10.6. The molecule has 0 aromatic heterocycles. The predicted molar refractivity (Wildman–Crippen MR) is 122 cm³/mol. The van der Waals surface area contributed by atoms with Crippen LogP contribution < -0.4 is 10.6 Å². The third-order valence-electron chi connectivity index (χ3n) is 6.95. The van der Waals surface area contributed by atoms with Gasteiger partial charge in [-0.1, -0.05) is 41.4 Å². The van der Waals surface area contributed by atoms with E-state index in [1.807, 2.05) is 13.8 Å². The van der Waals surface area contributed by atoms with Gasteiger partial charge < -0.3 is 25.4 Å². The molecule has 3 amide bonds. The summed E-state index contributed by atoms with van der Waals surface area (Å²) in [7, 11) is 1.52. The Labute approximate surface area is 200 Å². The standard InChI is InChI=1S/C22H27BrClN3O5/c1-10(2)14(9-28)27-18(20(30)26-12-6-4-11(24)5-7-12)22-8-13(23)17(32-22)15(19(29)25-3)16(22)21(27)31/h4-7,10,13-18,28H,8-9H2,1-3H3,(H,25,29)(H,26,30)/t13?,14-,15-,16-,17-,18?,22?/m0/s1. The average molecular weight is 529 g/mol. The normalized spacial score (nSPS) is 34.0. The molecule has 1 spiro atoms. The van der Waals surface area contributed by atoms with Crippen LogP contribution in [-0.2, 0) is 19.1 Å². The van der Waals surface area contributed by atoms with E-state index < -0.39 is 41.5 Å². The van der Waals surface area contributed by atoms with Crippen molar-refractivity contribution in [1.82, 2.24) is 10.2 Å². The van der Waals surface area contributed by atoms with Gasteiger partial charge in [0.25, 0.3) is 0 Å². The number of fused-ring (bicyclic) bond motifs is 1. The fourth-order valence-electron chi connectivity index (χ4n) is 5.55. The van der Waals surface area contributed by atoms with Crippen molar-refractivity contribution >= 4 is 50.9 Å². The average Bonchev–Trinajstić information content (AvgIpc) is 3.33. The molecule has 0 aliphatic carbocycles. The van der Waals surface area contributed by atoms with E-state index in [1.54, 1.807) is 24.3 Å². The van der Waals surface area contributed by atoms with E-state index in [1.165, 1.54) is 11.9 Å². The highest BCUT2D eigenvalue weighted by molar-refractivity contribution is 9.09. The number of benzene rings is 1. The summed E-state index contributed by atoms with van der Waals surface area (Å²) in [6.45, 7) is 3.47. The second-order valence-electron chi connectivity index (χ2n) is 9.01. The topological polar surface area (TPSA) is 108 Å². The maximum atomic E-state index is 13.8. The largest absolute Gasteiger partial charge is 0.394 e. The van der Waals surface area contributed by atoms with Gasteiger partial charge in [0.15, 0.2) is 0 Å². The number of carbonyl (C=O) groups is 3. The van der Waals surface area contributed by atoms with Crippen molar-refractivity contribution in [1.29, 1.82) is 0 Å². The summed E-state index contributed by atoms with van der Waals surface area (Å²) in [5.41, 5.74) is -0.631. The maximum absolute atomic E-state index is 13.8. The molecular formula is C22H27BrClN3O5. The van der Waals surface area contributed by atoms with Gasteiger partial charge in [-0.05, 0) is 36.6 Å². The van der Waals surface area contributed by atoms with Crippen LogP contribution in [0.3, 0.4) is 0 Å². The van der Waals surface area contributed by atoms with Crippen LogP contribution in [0.2, 0.25) is 5.02 Å². The summed E-state index contributed by atoms with van der Waals surface area (Å²) in [5, 5.41) is 16.2. The number of halogens is 2. The first-order chi connectivity index (χ1) is 15.2. The first-order valence-corrected chi connectivity index (χ1v) is 12.0. The molecule has 10 heteroatoms. The summed E-state index contributed by atoms with van der Waals surface area (Å²) >= 11 is 9.56. The number of hydrogen-bond donors (Lipinski definition) is 3. The van der Waals surface area contributed by atoms with Gasteiger partial charge in [0.2, 0.25) is 17.7 Å². The lowest BCUT2D eigenvalue weighted by atomic mass is 9.70. The number of amides is 3. The van der Waals surface area contributed by atoms with Crippen LogP contribution in [0, 0.1) is 17.8 Å². The molecule has 3 heterocycles. The molecule has 3 N–H and O–H groups in total. The molecule has 0 radical (unpaired) electrons. The molecule has 2 bridgehead atoms. The molecule has 1 aromatic carbocycles. The SMILES string of the molecule is CNC(=O)[C@H]1[C@H]2C(=O)N([C@@H](CO)C(C)C)C(C(=O)Nc3ccc(Cl)cc3)C23CC(Br)[C@@H]1O3. The number of nitrogens with zero attached hydrogens (tertiary/aromatic N) is 1.